The molecule has 0 saturated carbocycles. The normalized spacial score (nSPS) is 11.3. The summed E-state index contributed by atoms with van der Waals surface area (Å²) >= 11 is 1.59. The number of rotatable bonds is 9. The first-order chi connectivity index (χ1) is 12.1. The van der Waals surface area contributed by atoms with Crippen LogP contribution in [0, 0.1) is 0 Å². The molecular weight excluding hydrogens is 370 g/mol. The summed E-state index contributed by atoms with van der Waals surface area (Å²) in [6.45, 7) is 1.98. The van der Waals surface area contributed by atoms with Crippen LogP contribution in [0.15, 0.2) is 41.8 Å². The number of halogens is 1. The lowest BCUT2D eigenvalue weighted by atomic mass is 10.0. The number of thiophene rings is 1. The first kappa shape index (κ1) is 22.2. The molecule has 0 aliphatic heterocycles. The zero-order chi connectivity index (χ0) is 18.1. The van der Waals surface area contributed by atoms with Gasteiger partial charge in [0, 0.05) is 4.88 Å². The van der Waals surface area contributed by atoms with Gasteiger partial charge in [-0.3, -0.25) is 9.59 Å². The van der Waals surface area contributed by atoms with E-state index in [1.54, 1.807) is 11.3 Å². The van der Waals surface area contributed by atoms with Gasteiger partial charge < -0.3 is 16.4 Å². The third kappa shape index (κ3) is 6.78. The third-order valence-electron chi connectivity index (χ3n) is 3.90. The van der Waals surface area contributed by atoms with Crippen LogP contribution in [0.3, 0.4) is 0 Å². The molecule has 1 aromatic carbocycles. The molecule has 2 rings (SSSR count). The Labute approximate surface area is 164 Å². The van der Waals surface area contributed by atoms with Gasteiger partial charge in [0.1, 0.15) is 0 Å². The molecule has 0 spiro atoms. The van der Waals surface area contributed by atoms with E-state index in [-0.39, 0.29) is 43.4 Å². The number of unbranched alkanes of at least 4 members (excludes halogenated alkanes) is 1. The second-order valence-electron chi connectivity index (χ2n) is 5.84. The van der Waals surface area contributed by atoms with Crippen molar-refractivity contribution < 1.29 is 9.59 Å². The molecule has 142 valence electrons. The molecule has 0 radical (unpaired) electrons. The SMILES string of the molecule is CCCCc1ccc(C(NC(=O)CNC(=O)CN)c2cccs2)cc1.Cl. The van der Waals surface area contributed by atoms with Crippen molar-refractivity contribution in [3.63, 3.8) is 0 Å². The Morgan fingerprint density at radius 2 is 1.88 bits per heavy atom. The summed E-state index contributed by atoms with van der Waals surface area (Å²) in [6.07, 6.45) is 3.41. The first-order valence-electron chi connectivity index (χ1n) is 8.52. The monoisotopic (exact) mass is 395 g/mol. The largest absolute Gasteiger partial charge is 0.346 e. The van der Waals surface area contributed by atoms with Crippen LogP contribution in [0.5, 0.6) is 0 Å². The predicted octanol–water partition coefficient (Wildman–Crippen LogP) is 2.79. The molecule has 1 aromatic heterocycles. The van der Waals surface area contributed by atoms with Gasteiger partial charge in [-0.2, -0.15) is 0 Å². The molecule has 4 N–H and O–H groups in total. The molecule has 0 bridgehead atoms. The number of hydrogen-bond acceptors (Lipinski definition) is 4. The maximum Gasteiger partial charge on any atom is 0.240 e. The Morgan fingerprint density at radius 1 is 1.15 bits per heavy atom. The fraction of sp³-hybridized carbons (Fsp3) is 0.368. The van der Waals surface area contributed by atoms with Crippen LogP contribution in [0.4, 0.5) is 0 Å². The quantitative estimate of drug-likeness (QED) is 0.610. The van der Waals surface area contributed by atoms with Crippen molar-refractivity contribution in [2.45, 2.75) is 32.2 Å². The number of aryl methyl sites for hydroxylation is 1. The Kier molecular flexibility index (Phi) is 9.95. The molecule has 2 amide bonds. The molecule has 1 heterocycles. The van der Waals surface area contributed by atoms with Gasteiger partial charge in [-0.1, -0.05) is 43.7 Å². The van der Waals surface area contributed by atoms with Crippen molar-refractivity contribution in [2.24, 2.45) is 5.73 Å². The van der Waals surface area contributed by atoms with Crippen LogP contribution in [0.1, 0.15) is 41.8 Å². The molecule has 1 atom stereocenters. The molecule has 2 aromatic rings. The molecule has 7 heteroatoms. The summed E-state index contributed by atoms with van der Waals surface area (Å²) in [4.78, 5) is 24.5. The second kappa shape index (κ2) is 11.7. The van der Waals surface area contributed by atoms with E-state index in [9.17, 15) is 9.59 Å². The summed E-state index contributed by atoms with van der Waals surface area (Å²) in [5, 5.41) is 7.47. The minimum atomic E-state index is -0.344. The van der Waals surface area contributed by atoms with Gasteiger partial charge in [-0.05, 0) is 35.4 Å². The number of hydrogen-bond donors (Lipinski definition) is 3. The van der Waals surface area contributed by atoms with Crippen LogP contribution < -0.4 is 16.4 Å². The summed E-state index contributed by atoms with van der Waals surface area (Å²) in [5.74, 6) is -0.585. The van der Waals surface area contributed by atoms with Gasteiger partial charge in [0.15, 0.2) is 0 Å². The zero-order valence-electron chi connectivity index (χ0n) is 14.9. The van der Waals surface area contributed by atoms with Gasteiger partial charge in [-0.15, -0.1) is 23.7 Å². The summed E-state index contributed by atoms with van der Waals surface area (Å²) in [6, 6.07) is 12.1. The molecule has 0 saturated heterocycles. The number of carbonyl (C=O) groups excluding carboxylic acids is 2. The van der Waals surface area contributed by atoms with Gasteiger partial charge in [-0.25, -0.2) is 0 Å². The Morgan fingerprint density at radius 3 is 2.46 bits per heavy atom. The van der Waals surface area contributed by atoms with Crippen LogP contribution in [-0.4, -0.2) is 24.9 Å². The predicted molar refractivity (Wildman–Crippen MR) is 109 cm³/mol. The van der Waals surface area contributed by atoms with Crippen molar-refractivity contribution in [2.75, 3.05) is 13.1 Å². The molecule has 0 fully saturated rings. The molecule has 0 aliphatic carbocycles. The lowest BCUT2D eigenvalue weighted by molar-refractivity contribution is -0.125. The van der Waals surface area contributed by atoms with Crippen molar-refractivity contribution in [1.82, 2.24) is 10.6 Å². The van der Waals surface area contributed by atoms with E-state index in [4.69, 9.17) is 5.73 Å². The highest BCUT2D eigenvalue weighted by Gasteiger charge is 2.18. The Bertz CT molecular complexity index is 675. The Balaban J connectivity index is 0.00000338. The molecule has 26 heavy (non-hydrogen) atoms. The lowest BCUT2D eigenvalue weighted by Crippen LogP contribution is -2.40. The molecule has 1 unspecified atom stereocenters. The van der Waals surface area contributed by atoms with Gasteiger partial charge in [0.2, 0.25) is 11.8 Å². The second-order valence-corrected chi connectivity index (χ2v) is 6.82. The first-order valence-corrected chi connectivity index (χ1v) is 9.40. The average molecular weight is 396 g/mol. The lowest BCUT2D eigenvalue weighted by Gasteiger charge is -2.19. The third-order valence-corrected chi connectivity index (χ3v) is 4.83. The fourth-order valence-corrected chi connectivity index (χ4v) is 3.30. The summed E-state index contributed by atoms with van der Waals surface area (Å²) in [7, 11) is 0. The van der Waals surface area contributed by atoms with Crippen molar-refractivity contribution >= 4 is 35.6 Å². The maximum absolute atomic E-state index is 12.2. The summed E-state index contributed by atoms with van der Waals surface area (Å²) in [5.41, 5.74) is 7.57. The van der Waals surface area contributed by atoms with E-state index in [0.29, 0.717) is 0 Å². The van der Waals surface area contributed by atoms with E-state index in [0.717, 1.165) is 16.9 Å². The minimum Gasteiger partial charge on any atom is -0.346 e. The number of benzene rings is 1. The van der Waals surface area contributed by atoms with E-state index in [1.165, 1.54) is 18.4 Å². The summed E-state index contributed by atoms with van der Waals surface area (Å²) < 4.78 is 0. The zero-order valence-corrected chi connectivity index (χ0v) is 16.5. The van der Waals surface area contributed by atoms with Crippen molar-refractivity contribution in [3.05, 3.63) is 57.8 Å². The highest BCUT2D eigenvalue weighted by molar-refractivity contribution is 7.10. The fourth-order valence-electron chi connectivity index (χ4n) is 2.49. The van der Waals surface area contributed by atoms with Gasteiger partial charge in [0.25, 0.3) is 0 Å². The minimum absolute atomic E-state index is 0. The topological polar surface area (TPSA) is 84.2 Å². The van der Waals surface area contributed by atoms with Crippen LogP contribution in [-0.2, 0) is 16.0 Å². The van der Waals surface area contributed by atoms with E-state index < -0.39 is 0 Å². The number of amides is 2. The molecule has 5 nitrogen and oxygen atoms in total. The van der Waals surface area contributed by atoms with Crippen LogP contribution >= 0.6 is 23.7 Å². The highest BCUT2D eigenvalue weighted by atomic mass is 35.5. The van der Waals surface area contributed by atoms with E-state index in [1.807, 2.05) is 17.5 Å². The van der Waals surface area contributed by atoms with Crippen molar-refractivity contribution in [3.8, 4) is 0 Å². The van der Waals surface area contributed by atoms with Crippen LogP contribution in [0.2, 0.25) is 0 Å². The standard InChI is InChI=1S/C19H25N3O2S.ClH/c1-2-3-5-14-7-9-15(10-8-14)19(16-6-4-11-25-16)22-18(24)13-21-17(23)12-20;/h4,6-11,19H,2-3,5,12-13,20H2,1H3,(H,21,23)(H,22,24);1H. The van der Waals surface area contributed by atoms with Crippen molar-refractivity contribution in [1.29, 1.82) is 0 Å². The van der Waals surface area contributed by atoms with E-state index in [2.05, 4.69) is 41.8 Å². The highest BCUT2D eigenvalue weighted by Crippen LogP contribution is 2.26. The average Bonchev–Trinajstić information content (AvgIpc) is 3.17. The smallest absolute Gasteiger partial charge is 0.240 e. The van der Waals surface area contributed by atoms with E-state index >= 15 is 0 Å². The van der Waals surface area contributed by atoms with Gasteiger partial charge in [0.05, 0.1) is 19.1 Å². The molecular formula is C19H26ClN3O2S. The number of carbonyl (C=O) groups is 2. The maximum atomic E-state index is 12.2. The number of nitrogens with two attached hydrogens (primary N) is 1. The Hall–Kier alpha value is -1.89. The van der Waals surface area contributed by atoms with Gasteiger partial charge >= 0.3 is 0 Å². The number of nitrogens with one attached hydrogen (secondary N) is 2. The molecule has 0 aliphatic rings. The van der Waals surface area contributed by atoms with Crippen LogP contribution in [0.25, 0.3) is 0 Å².